The molecule has 0 saturated carbocycles. The zero-order valence-electron chi connectivity index (χ0n) is 15.9. The van der Waals surface area contributed by atoms with Crippen molar-refractivity contribution < 1.29 is 18.8 Å². The number of carbonyl (C=O) groups is 1. The second-order valence-electron chi connectivity index (χ2n) is 6.05. The summed E-state index contributed by atoms with van der Waals surface area (Å²) in [5, 5.41) is 4.58. The van der Waals surface area contributed by atoms with E-state index in [-0.39, 0.29) is 19.1 Å². The highest BCUT2D eigenvalue weighted by Gasteiger charge is 2.18. The van der Waals surface area contributed by atoms with Gasteiger partial charge in [-0.25, -0.2) is 0 Å². The number of carbonyl (C=O) groups excluding carboxylic acids is 1. The van der Waals surface area contributed by atoms with Gasteiger partial charge in [0, 0.05) is 23.2 Å². The van der Waals surface area contributed by atoms with Gasteiger partial charge in [0.15, 0.2) is 6.61 Å². The van der Waals surface area contributed by atoms with E-state index in [1.165, 1.54) is 4.90 Å². The average molecular weight is 414 g/mol. The molecule has 7 nitrogen and oxygen atoms in total. The molecule has 3 aromatic rings. The van der Waals surface area contributed by atoms with Crippen LogP contribution in [-0.4, -0.2) is 41.2 Å². The summed E-state index contributed by atoms with van der Waals surface area (Å²) in [5.74, 6) is 1.69. The lowest BCUT2D eigenvalue weighted by Gasteiger charge is -2.19. The number of nitrogens with zero attached hydrogens (tertiary/aromatic N) is 3. The predicted molar refractivity (Wildman–Crippen MR) is 109 cm³/mol. The van der Waals surface area contributed by atoms with Crippen LogP contribution in [0.5, 0.6) is 11.5 Å². The first-order valence-corrected chi connectivity index (χ1v) is 9.21. The molecule has 150 valence electrons. The summed E-state index contributed by atoms with van der Waals surface area (Å²) in [6.45, 7) is 4.02. The Morgan fingerprint density at radius 1 is 1.24 bits per heavy atom. The van der Waals surface area contributed by atoms with Crippen molar-refractivity contribution >= 4 is 17.5 Å². The highest BCUT2D eigenvalue weighted by Crippen LogP contribution is 2.20. The minimum Gasteiger partial charge on any atom is -0.497 e. The number of ether oxygens (including phenoxy) is 2. The van der Waals surface area contributed by atoms with Gasteiger partial charge in [-0.3, -0.25) is 4.79 Å². The zero-order valence-corrected chi connectivity index (χ0v) is 16.6. The van der Waals surface area contributed by atoms with Gasteiger partial charge in [0.2, 0.25) is 11.7 Å². The molecular formula is C21H20ClN3O4. The summed E-state index contributed by atoms with van der Waals surface area (Å²) >= 11 is 5.90. The molecule has 0 unspecified atom stereocenters. The number of hydrogen-bond donors (Lipinski definition) is 0. The molecule has 2 aromatic carbocycles. The molecule has 0 aliphatic heterocycles. The first-order chi connectivity index (χ1) is 14.1. The van der Waals surface area contributed by atoms with Gasteiger partial charge < -0.3 is 18.9 Å². The van der Waals surface area contributed by atoms with Crippen LogP contribution in [0.2, 0.25) is 5.02 Å². The molecule has 29 heavy (non-hydrogen) atoms. The Kier molecular flexibility index (Phi) is 6.86. The van der Waals surface area contributed by atoms with Gasteiger partial charge in [-0.2, -0.15) is 4.98 Å². The maximum Gasteiger partial charge on any atom is 0.261 e. The van der Waals surface area contributed by atoms with Crippen LogP contribution in [0.4, 0.5) is 0 Å². The number of hydrogen-bond acceptors (Lipinski definition) is 6. The van der Waals surface area contributed by atoms with E-state index in [0.717, 1.165) is 5.56 Å². The normalized spacial score (nSPS) is 10.4. The van der Waals surface area contributed by atoms with E-state index in [1.54, 1.807) is 61.7 Å². The molecule has 0 spiro atoms. The standard InChI is InChI=1S/C21H20ClN3O4/c1-3-11-25(20(26)14-28-18-6-4-5-17(12-18)27-2)13-19-23-21(24-29-19)15-7-9-16(22)10-8-15/h3-10,12H,1,11,13-14H2,2H3. The van der Waals surface area contributed by atoms with Crippen molar-refractivity contribution in [2.24, 2.45) is 0 Å². The Balaban J connectivity index is 1.64. The first-order valence-electron chi connectivity index (χ1n) is 8.83. The molecular weight excluding hydrogens is 394 g/mol. The summed E-state index contributed by atoms with van der Waals surface area (Å²) in [4.78, 5) is 18.5. The Hall–Kier alpha value is -3.32. The number of rotatable bonds is 9. The molecule has 3 rings (SSSR count). The quantitative estimate of drug-likeness (QED) is 0.493. The summed E-state index contributed by atoms with van der Waals surface area (Å²) in [5.41, 5.74) is 0.771. The number of amides is 1. The maximum absolute atomic E-state index is 12.6. The van der Waals surface area contributed by atoms with Crippen molar-refractivity contribution in [1.82, 2.24) is 15.0 Å². The third kappa shape index (κ3) is 5.58. The van der Waals surface area contributed by atoms with E-state index in [4.69, 9.17) is 25.6 Å². The molecule has 8 heteroatoms. The van der Waals surface area contributed by atoms with E-state index < -0.39 is 0 Å². The first kappa shape index (κ1) is 20.4. The fourth-order valence-corrected chi connectivity index (χ4v) is 2.66. The number of aromatic nitrogens is 2. The van der Waals surface area contributed by atoms with Crippen molar-refractivity contribution in [2.45, 2.75) is 6.54 Å². The Bertz CT molecular complexity index is 972. The van der Waals surface area contributed by atoms with E-state index in [9.17, 15) is 4.79 Å². The monoisotopic (exact) mass is 413 g/mol. The van der Waals surface area contributed by atoms with Gasteiger partial charge in [-0.1, -0.05) is 28.9 Å². The Morgan fingerprint density at radius 2 is 2.00 bits per heavy atom. The Labute approximate surface area is 173 Å². The zero-order chi connectivity index (χ0) is 20.6. The van der Waals surface area contributed by atoms with Crippen molar-refractivity contribution in [1.29, 1.82) is 0 Å². The summed E-state index contributed by atoms with van der Waals surface area (Å²) in [6, 6.07) is 14.1. The fraction of sp³-hybridized carbons (Fsp3) is 0.190. The summed E-state index contributed by atoms with van der Waals surface area (Å²) in [7, 11) is 1.57. The van der Waals surface area contributed by atoms with Crippen LogP contribution in [0.3, 0.4) is 0 Å². The largest absolute Gasteiger partial charge is 0.497 e. The van der Waals surface area contributed by atoms with Crippen molar-refractivity contribution in [3.05, 3.63) is 72.1 Å². The van der Waals surface area contributed by atoms with Crippen LogP contribution in [0.15, 0.2) is 65.7 Å². The molecule has 1 aromatic heterocycles. The summed E-state index contributed by atoms with van der Waals surface area (Å²) in [6.07, 6.45) is 1.62. The minimum atomic E-state index is -0.237. The van der Waals surface area contributed by atoms with Crippen molar-refractivity contribution in [3.63, 3.8) is 0 Å². The molecule has 0 bridgehead atoms. The van der Waals surface area contributed by atoms with Crippen LogP contribution >= 0.6 is 11.6 Å². The fourth-order valence-electron chi connectivity index (χ4n) is 2.54. The van der Waals surface area contributed by atoms with Gasteiger partial charge in [0.25, 0.3) is 5.91 Å². The van der Waals surface area contributed by atoms with E-state index >= 15 is 0 Å². The lowest BCUT2D eigenvalue weighted by atomic mass is 10.2. The van der Waals surface area contributed by atoms with Crippen LogP contribution in [-0.2, 0) is 11.3 Å². The maximum atomic E-state index is 12.6. The predicted octanol–water partition coefficient (Wildman–Crippen LogP) is 3.99. The van der Waals surface area contributed by atoms with Crippen LogP contribution < -0.4 is 9.47 Å². The molecule has 0 aliphatic rings. The van der Waals surface area contributed by atoms with Crippen molar-refractivity contribution in [3.8, 4) is 22.9 Å². The molecule has 0 radical (unpaired) electrons. The average Bonchev–Trinajstić information content (AvgIpc) is 3.21. The third-order valence-corrected chi connectivity index (χ3v) is 4.25. The van der Waals surface area contributed by atoms with E-state index in [1.807, 2.05) is 0 Å². The number of methoxy groups -OCH3 is 1. The Morgan fingerprint density at radius 3 is 2.72 bits per heavy atom. The number of halogens is 1. The van der Waals surface area contributed by atoms with Crippen LogP contribution in [0.1, 0.15) is 5.89 Å². The van der Waals surface area contributed by atoms with Gasteiger partial charge in [0.05, 0.1) is 7.11 Å². The third-order valence-electron chi connectivity index (χ3n) is 4.00. The van der Waals surface area contributed by atoms with Gasteiger partial charge >= 0.3 is 0 Å². The smallest absolute Gasteiger partial charge is 0.261 e. The topological polar surface area (TPSA) is 77.7 Å². The number of benzene rings is 2. The van der Waals surface area contributed by atoms with Gasteiger partial charge in [-0.05, 0) is 36.4 Å². The highest BCUT2D eigenvalue weighted by atomic mass is 35.5. The SMILES string of the molecule is C=CCN(Cc1nc(-c2ccc(Cl)cc2)no1)C(=O)COc1cccc(OC)c1. The molecule has 0 aliphatic carbocycles. The minimum absolute atomic E-state index is 0.140. The molecule has 0 saturated heterocycles. The van der Waals surface area contributed by atoms with Crippen molar-refractivity contribution in [2.75, 3.05) is 20.3 Å². The lowest BCUT2D eigenvalue weighted by Crippen LogP contribution is -2.34. The van der Waals surface area contributed by atoms with Gasteiger partial charge in [0.1, 0.15) is 18.0 Å². The van der Waals surface area contributed by atoms with Gasteiger partial charge in [-0.15, -0.1) is 6.58 Å². The van der Waals surface area contributed by atoms with Crippen LogP contribution in [0.25, 0.3) is 11.4 Å². The second-order valence-corrected chi connectivity index (χ2v) is 6.49. The molecule has 1 heterocycles. The lowest BCUT2D eigenvalue weighted by molar-refractivity contribution is -0.133. The molecule has 1 amide bonds. The van der Waals surface area contributed by atoms with E-state index in [0.29, 0.717) is 34.8 Å². The molecule has 0 N–H and O–H groups in total. The van der Waals surface area contributed by atoms with Crippen LogP contribution in [0, 0.1) is 0 Å². The van der Waals surface area contributed by atoms with E-state index in [2.05, 4.69) is 16.7 Å². The highest BCUT2D eigenvalue weighted by molar-refractivity contribution is 6.30. The molecule has 0 atom stereocenters. The molecule has 0 fully saturated rings. The summed E-state index contributed by atoms with van der Waals surface area (Å²) < 4.78 is 16.0. The second kappa shape index (κ2) is 9.75.